The summed E-state index contributed by atoms with van der Waals surface area (Å²) in [5.74, 6) is -0.695. The molecule has 20 heavy (non-hydrogen) atoms. The number of ether oxygens (including phenoxy) is 1. The lowest BCUT2D eigenvalue weighted by Crippen LogP contribution is -2.22. The van der Waals surface area contributed by atoms with Crippen LogP contribution in [0.25, 0.3) is 0 Å². The Labute approximate surface area is 120 Å². The highest BCUT2D eigenvalue weighted by molar-refractivity contribution is 7.11. The van der Waals surface area contributed by atoms with Crippen LogP contribution in [0.2, 0.25) is 0 Å². The Hall–Kier alpha value is -2.21. The number of carbonyl (C=O) groups is 2. The Morgan fingerprint density at radius 3 is 2.75 bits per heavy atom. The lowest BCUT2D eigenvalue weighted by Gasteiger charge is -2.05. The van der Waals surface area contributed by atoms with Gasteiger partial charge in [-0.05, 0) is 25.1 Å². The molecular formula is C14H14N2O3S. The fourth-order valence-electron chi connectivity index (χ4n) is 1.66. The quantitative estimate of drug-likeness (QED) is 0.876. The number of methoxy groups -OCH3 is 1. The van der Waals surface area contributed by atoms with Crippen molar-refractivity contribution in [1.29, 1.82) is 0 Å². The van der Waals surface area contributed by atoms with E-state index in [0.717, 1.165) is 9.88 Å². The molecule has 1 amide bonds. The summed E-state index contributed by atoms with van der Waals surface area (Å²) in [4.78, 5) is 28.5. The second-order valence-corrected chi connectivity index (χ2v) is 5.42. The molecule has 1 aromatic carbocycles. The molecule has 0 aliphatic rings. The minimum atomic E-state index is -0.460. The van der Waals surface area contributed by atoms with Crippen molar-refractivity contribution < 1.29 is 14.3 Å². The van der Waals surface area contributed by atoms with Crippen molar-refractivity contribution in [2.24, 2.45) is 0 Å². The van der Waals surface area contributed by atoms with Gasteiger partial charge in [-0.1, -0.05) is 6.07 Å². The van der Waals surface area contributed by atoms with Crippen LogP contribution in [-0.2, 0) is 11.3 Å². The number of nitrogens with zero attached hydrogens (tertiary/aromatic N) is 1. The highest BCUT2D eigenvalue weighted by Gasteiger charge is 2.10. The predicted molar refractivity (Wildman–Crippen MR) is 75.8 cm³/mol. The summed E-state index contributed by atoms with van der Waals surface area (Å²) >= 11 is 1.54. The van der Waals surface area contributed by atoms with Gasteiger partial charge in [-0.2, -0.15) is 0 Å². The monoisotopic (exact) mass is 290 g/mol. The standard InChI is InChI=1S/C14H14N2O3S/c1-9-15-7-12(20-9)8-16-13(17)10-4-3-5-11(6-10)14(18)19-2/h3-7H,8H2,1-2H3,(H,16,17). The molecule has 0 unspecified atom stereocenters. The van der Waals surface area contributed by atoms with Gasteiger partial charge in [-0.3, -0.25) is 4.79 Å². The Morgan fingerprint density at radius 2 is 2.10 bits per heavy atom. The van der Waals surface area contributed by atoms with Gasteiger partial charge in [0.05, 0.1) is 24.2 Å². The number of aromatic nitrogens is 1. The van der Waals surface area contributed by atoms with Crippen LogP contribution in [0, 0.1) is 6.92 Å². The van der Waals surface area contributed by atoms with Crippen LogP contribution < -0.4 is 5.32 Å². The summed E-state index contributed by atoms with van der Waals surface area (Å²) in [5, 5.41) is 3.75. The summed E-state index contributed by atoms with van der Waals surface area (Å²) in [7, 11) is 1.31. The molecule has 104 valence electrons. The van der Waals surface area contributed by atoms with Crippen LogP contribution in [0.4, 0.5) is 0 Å². The molecule has 1 N–H and O–H groups in total. The zero-order chi connectivity index (χ0) is 14.5. The number of rotatable bonds is 4. The number of aryl methyl sites for hydroxylation is 1. The number of benzene rings is 1. The number of hydrogen-bond acceptors (Lipinski definition) is 5. The first kappa shape index (κ1) is 14.2. The third-order valence-electron chi connectivity index (χ3n) is 2.64. The molecule has 0 saturated carbocycles. The topological polar surface area (TPSA) is 68.3 Å². The molecule has 0 saturated heterocycles. The van der Waals surface area contributed by atoms with E-state index in [2.05, 4.69) is 15.0 Å². The second-order valence-electron chi connectivity index (χ2n) is 4.10. The Bertz CT molecular complexity index is 637. The highest BCUT2D eigenvalue weighted by Crippen LogP contribution is 2.11. The number of amides is 1. The number of hydrogen-bond donors (Lipinski definition) is 1. The number of thiazole rings is 1. The van der Waals surface area contributed by atoms with E-state index in [1.807, 2.05) is 6.92 Å². The first-order valence-corrected chi connectivity index (χ1v) is 6.79. The highest BCUT2D eigenvalue weighted by atomic mass is 32.1. The van der Waals surface area contributed by atoms with Gasteiger partial charge >= 0.3 is 5.97 Å². The van der Waals surface area contributed by atoms with Gasteiger partial charge in [0.15, 0.2) is 0 Å². The van der Waals surface area contributed by atoms with Gasteiger partial charge in [0.2, 0.25) is 0 Å². The maximum atomic E-state index is 12.0. The molecule has 2 aromatic rings. The molecule has 0 bridgehead atoms. The molecule has 5 nitrogen and oxygen atoms in total. The summed E-state index contributed by atoms with van der Waals surface area (Å²) in [6.07, 6.45) is 1.74. The fraction of sp³-hybridized carbons (Fsp3) is 0.214. The molecular weight excluding hydrogens is 276 g/mol. The summed E-state index contributed by atoms with van der Waals surface area (Å²) in [5.41, 5.74) is 0.780. The minimum Gasteiger partial charge on any atom is -0.465 e. The first-order chi connectivity index (χ1) is 9.60. The van der Waals surface area contributed by atoms with Gasteiger partial charge in [0.25, 0.3) is 5.91 Å². The van der Waals surface area contributed by atoms with E-state index in [1.54, 1.807) is 24.4 Å². The zero-order valence-corrected chi connectivity index (χ0v) is 12.0. The van der Waals surface area contributed by atoms with Crippen molar-refractivity contribution in [2.45, 2.75) is 13.5 Å². The molecule has 1 heterocycles. The van der Waals surface area contributed by atoms with E-state index in [4.69, 9.17) is 0 Å². The van der Waals surface area contributed by atoms with Crippen LogP contribution in [-0.4, -0.2) is 24.0 Å². The Kier molecular flexibility index (Phi) is 4.47. The summed E-state index contributed by atoms with van der Waals surface area (Å²) < 4.78 is 4.63. The molecule has 1 aromatic heterocycles. The van der Waals surface area contributed by atoms with E-state index in [0.29, 0.717) is 17.7 Å². The molecule has 0 atom stereocenters. The van der Waals surface area contributed by atoms with Crippen molar-refractivity contribution >= 4 is 23.2 Å². The van der Waals surface area contributed by atoms with E-state index >= 15 is 0 Å². The molecule has 2 rings (SSSR count). The number of esters is 1. The van der Waals surface area contributed by atoms with Gasteiger partial charge in [0.1, 0.15) is 0 Å². The van der Waals surface area contributed by atoms with E-state index in [9.17, 15) is 9.59 Å². The fourth-order valence-corrected chi connectivity index (χ4v) is 2.40. The van der Waals surface area contributed by atoms with Crippen LogP contribution in [0.15, 0.2) is 30.5 Å². The average Bonchev–Trinajstić information content (AvgIpc) is 2.89. The first-order valence-electron chi connectivity index (χ1n) is 5.98. The average molecular weight is 290 g/mol. The van der Waals surface area contributed by atoms with Crippen molar-refractivity contribution in [3.63, 3.8) is 0 Å². The van der Waals surface area contributed by atoms with Crippen molar-refractivity contribution in [1.82, 2.24) is 10.3 Å². The molecule has 0 fully saturated rings. The largest absolute Gasteiger partial charge is 0.465 e. The van der Waals surface area contributed by atoms with Crippen LogP contribution in [0.1, 0.15) is 30.6 Å². The van der Waals surface area contributed by atoms with E-state index in [-0.39, 0.29) is 5.91 Å². The van der Waals surface area contributed by atoms with Crippen LogP contribution in [0.5, 0.6) is 0 Å². The number of carbonyl (C=O) groups excluding carboxylic acids is 2. The van der Waals surface area contributed by atoms with Gasteiger partial charge in [0, 0.05) is 16.6 Å². The molecule has 0 spiro atoms. The second kappa shape index (κ2) is 6.29. The minimum absolute atomic E-state index is 0.234. The van der Waals surface area contributed by atoms with Crippen molar-refractivity contribution in [3.05, 3.63) is 51.5 Å². The van der Waals surface area contributed by atoms with Gasteiger partial charge in [-0.15, -0.1) is 11.3 Å². The number of nitrogens with one attached hydrogen (secondary N) is 1. The summed E-state index contributed by atoms with van der Waals surface area (Å²) in [6.45, 7) is 2.34. The SMILES string of the molecule is COC(=O)c1cccc(C(=O)NCc2cnc(C)s2)c1. The van der Waals surface area contributed by atoms with Crippen LogP contribution in [0.3, 0.4) is 0 Å². The van der Waals surface area contributed by atoms with Crippen molar-refractivity contribution in [2.75, 3.05) is 7.11 Å². The maximum absolute atomic E-state index is 12.0. The van der Waals surface area contributed by atoms with Gasteiger partial charge in [-0.25, -0.2) is 9.78 Å². The normalized spacial score (nSPS) is 10.1. The van der Waals surface area contributed by atoms with E-state index in [1.165, 1.54) is 24.5 Å². The molecule has 0 aliphatic heterocycles. The third kappa shape index (κ3) is 3.42. The Balaban J connectivity index is 2.03. The van der Waals surface area contributed by atoms with E-state index < -0.39 is 5.97 Å². The van der Waals surface area contributed by atoms with Crippen molar-refractivity contribution in [3.8, 4) is 0 Å². The lowest BCUT2D eigenvalue weighted by atomic mass is 10.1. The zero-order valence-electron chi connectivity index (χ0n) is 11.2. The maximum Gasteiger partial charge on any atom is 0.337 e. The molecule has 6 heteroatoms. The smallest absolute Gasteiger partial charge is 0.337 e. The van der Waals surface area contributed by atoms with Gasteiger partial charge < -0.3 is 10.1 Å². The Morgan fingerprint density at radius 1 is 1.35 bits per heavy atom. The summed E-state index contributed by atoms with van der Waals surface area (Å²) in [6, 6.07) is 6.42. The molecule has 0 radical (unpaired) electrons. The predicted octanol–water partition coefficient (Wildman–Crippen LogP) is 2.17. The van der Waals surface area contributed by atoms with Crippen LogP contribution >= 0.6 is 11.3 Å². The molecule has 0 aliphatic carbocycles. The lowest BCUT2D eigenvalue weighted by molar-refractivity contribution is 0.0600. The third-order valence-corrected chi connectivity index (χ3v) is 3.55.